The van der Waals surface area contributed by atoms with Crippen molar-refractivity contribution in [1.29, 1.82) is 0 Å². The van der Waals surface area contributed by atoms with E-state index in [2.05, 4.69) is 17.5 Å². The molecule has 3 rings (SSSR count). The lowest BCUT2D eigenvalue weighted by Crippen LogP contribution is -1.94. The first-order chi connectivity index (χ1) is 8.84. The number of hydrogen-bond donors (Lipinski definition) is 1. The molecule has 1 N–H and O–H groups in total. The number of ether oxygens (including phenoxy) is 1. The molecular weight excluding hydrogens is 244 g/mol. The van der Waals surface area contributed by atoms with Gasteiger partial charge in [-0.2, -0.15) is 0 Å². The zero-order chi connectivity index (χ0) is 12.4. The van der Waals surface area contributed by atoms with Crippen LogP contribution in [0.3, 0.4) is 0 Å². The molecule has 0 aliphatic carbocycles. The largest absolute Gasteiger partial charge is 0.504 e. The highest BCUT2D eigenvalue weighted by Gasteiger charge is 2.05. The maximum absolute atomic E-state index is 9.63. The van der Waals surface area contributed by atoms with Gasteiger partial charge >= 0.3 is 0 Å². The summed E-state index contributed by atoms with van der Waals surface area (Å²) in [7, 11) is 0. The Labute approximate surface area is 109 Å². The fourth-order valence-corrected chi connectivity index (χ4v) is 2.83. The summed E-state index contributed by atoms with van der Waals surface area (Å²) in [5.41, 5.74) is 1.15. The first kappa shape index (κ1) is 11.1. The number of thiophene rings is 1. The van der Waals surface area contributed by atoms with E-state index in [9.17, 15) is 5.11 Å². The molecule has 0 aliphatic heterocycles. The molecule has 0 bridgehead atoms. The molecule has 1 heterocycles. The number of phenolic OH excluding ortho intramolecular Hbond substituents is 1. The third-order valence-corrected chi connectivity index (χ3v) is 3.82. The molecule has 0 saturated heterocycles. The van der Waals surface area contributed by atoms with E-state index < -0.39 is 0 Å². The zero-order valence-electron chi connectivity index (χ0n) is 9.67. The fourth-order valence-electron chi connectivity index (χ4n) is 1.88. The molecule has 90 valence electrons. The summed E-state index contributed by atoms with van der Waals surface area (Å²) in [5, 5.41) is 13.0. The second-order valence-corrected chi connectivity index (χ2v) is 4.92. The van der Waals surface area contributed by atoms with Crippen molar-refractivity contribution in [3.63, 3.8) is 0 Å². The highest BCUT2D eigenvalue weighted by molar-refractivity contribution is 7.17. The molecule has 1 aromatic heterocycles. The Morgan fingerprint density at radius 2 is 1.78 bits per heavy atom. The van der Waals surface area contributed by atoms with E-state index >= 15 is 0 Å². The minimum absolute atomic E-state index is 0.178. The second-order valence-electron chi connectivity index (χ2n) is 4.01. The number of aromatic hydroxyl groups is 1. The van der Waals surface area contributed by atoms with Crippen molar-refractivity contribution >= 4 is 21.4 Å². The third kappa shape index (κ3) is 2.05. The number of fused-ring (bicyclic) bond motifs is 1. The standard InChI is InChI=1S/C15H12O2S/c16-13-6-2-3-7-14(13)17-9-11-10-18-15-8-4-1-5-12(11)15/h1-8,10,16H,9H2. The van der Waals surface area contributed by atoms with Gasteiger partial charge in [-0.3, -0.25) is 0 Å². The Hall–Kier alpha value is -2.00. The van der Waals surface area contributed by atoms with Crippen molar-refractivity contribution in [2.75, 3.05) is 0 Å². The quantitative estimate of drug-likeness (QED) is 0.761. The number of phenols is 1. The first-order valence-electron chi connectivity index (χ1n) is 5.70. The lowest BCUT2D eigenvalue weighted by Gasteiger charge is -2.06. The Morgan fingerprint density at radius 3 is 2.67 bits per heavy atom. The molecule has 2 aromatic carbocycles. The van der Waals surface area contributed by atoms with Crippen LogP contribution in [-0.4, -0.2) is 5.11 Å². The van der Waals surface area contributed by atoms with Gasteiger partial charge in [0.05, 0.1) is 0 Å². The monoisotopic (exact) mass is 256 g/mol. The average molecular weight is 256 g/mol. The Kier molecular flexibility index (Phi) is 2.90. The highest BCUT2D eigenvalue weighted by atomic mass is 32.1. The number of benzene rings is 2. The van der Waals surface area contributed by atoms with E-state index in [1.54, 1.807) is 29.5 Å². The molecule has 0 radical (unpaired) electrons. The summed E-state index contributed by atoms with van der Waals surface area (Å²) in [6.07, 6.45) is 0. The lowest BCUT2D eigenvalue weighted by atomic mass is 10.2. The van der Waals surface area contributed by atoms with Gasteiger partial charge in [0, 0.05) is 10.3 Å². The molecule has 3 aromatic rings. The molecule has 0 aliphatic rings. The molecular formula is C15H12O2S. The van der Waals surface area contributed by atoms with Crippen LogP contribution in [0.25, 0.3) is 10.1 Å². The van der Waals surface area contributed by atoms with Crippen molar-refractivity contribution in [3.05, 3.63) is 59.5 Å². The third-order valence-electron chi connectivity index (χ3n) is 2.81. The molecule has 3 heteroatoms. The summed E-state index contributed by atoms with van der Waals surface area (Å²) in [6.45, 7) is 0.474. The lowest BCUT2D eigenvalue weighted by molar-refractivity contribution is 0.290. The van der Waals surface area contributed by atoms with Gasteiger partial charge in [-0.1, -0.05) is 30.3 Å². The van der Waals surface area contributed by atoms with Gasteiger partial charge in [0.15, 0.2) is 11.5 Å². The van der Waals surface area contributed by atoms with E-state index in [1.165, 1.54) is 10.1 Å². The second kappa shape index (κ2) is 4.70. The Morgan fingerprint density at radius 1 is 1.00 bits per heavy atom. The molecule has 0 unspecified atom stereocenters. The van der Waals surface area contributed by atoms with Gasteiger partial charge in [-0.05, 0) is 29.0 Å². The van der Waals surface area contributed by atoms with E-state index in [1.807, 2.05) is 18.2 Å². The molecule has 0 spiro atoms. The van der Waals surface area contributed by atoms with Crippen molar-refractivity contribution in [3.8, 4) is 11.5 Å². The zero-order valence-corrected chi connectivity index (χ0v) is 10.5. The van der Waals surface area contributed by atoms with Crippen molar-refractivity contribution in [2.24, 2.45) is 0 Å². The molecule has 18 heavy (non-hydrogen) atoms. The van der Waals surface area contributed by atoms with Crippen LogP contribution in [0.15, 0.2) is 53.9 Å². The Bertz CT molecular complexity index is 673. The molecule has 0 saturated carbocycles. The average Bonchev–Trinajstić information content (AvgIpc) is 2.81. The first-order valence-corrected chi connectivity index (χ1v) is 6.58. The minimum atomic E-state index is 0.178. The van der Waals surface area contributed by atoms with Crippen molar-refractivity contribution in [1.82, 2.24) is 0 Å². The molecule has 0 atom stereocenters. The maximum Gasteiger partial charge on any atom is 0.161 e. The summed E-state index contributed by atoms with van der Waals surface area (Å²) < 4.78 is 6.90. The van der Waals surface area contributed by atoms with Crippen LogP contribution in [-0.2, 0) is 6.61 Å². The highest BCUT2D eigenvalue weighted by Crippen LogP contribution is 2.29. The van der Waals surface area contributed by atoms with E-state index in [0.717, 1.165) is 5.56 Å². The van der Waals surface area contributed by atoms with Crippen LogP contribution < -0.4 is 4.74 Å². The summed E-state index contributed by atoms with van der Waals surface area (Å²) in [4.78, 5) is 0. The van der Waals surface area contributed by atoms with Gasteiger partial charge < -0.3 is 9.84 Å². The summed E-state index contributed by atoms with van der Waals surface area (Å²) in [5.74, 6) is 0.699. The van der Waals surface area contributed by atoms with Crippen LogP contribution in [0.5, 0.6) is 11.5 Å². The van der Waals surface area contributed by atoms with Gasteiger partial charge in [0.1, 0.15) is 6.61 Å². The van der Waals surface area contributed by atoms with Crippen LogP contribution in [0, 0.1) is 0 Å². The predicted molar refractivity (Wildman–Crippen MR) is 74.3 cm³/mol. The smallest absolute Gasteiger partial charge is 0.161 e. The summed E-state index contributed by atoms with van der Waals surface area (Å²) in [6, 6.07) is 15.3. The topological polar surface area (TPSA) is 29.5 Å². The van der Waals surface area contributed by atoms with Gasteiger partial charge in [0.2, 0.25) is 0 Å². The summed E-state index contributed by atoms with van der Waals surface area (Å²) >= 11 is 1.71. The van der Waals surface area contributed by atoms with Crippen LogP contribution in [0.4, 0.5) is 0 Å². The number of rotatable bonds is 3. The van der Waals surface area contributed by atoms with Gasteiger partial charge in [-0.15, -0.1) is 11.3 Å². The van der Waals surface area contributed by atoms with Gasteiger partial charge in [-0.25, -0.2) is 0 Å². The SMILES string of the molecule is Oc1ccccc1OCc1csc2ccccc12. The molecule has 0 amide bonds. The van der Waals surface area contributed by atoms with Crippen LogP contribution >= 0.6 is 11.3 Å². The normalized spacial score (nSPS) is 10.7. The van der Waals surface area contributed by atoms with E-state index in [4.69, 9.17) is 4.74 Å². The van der Waals surface area contributed by atoms with Crippen LogP contribution in [0.1, 0.15) is 5.56 Å². The van der Waals surface area contributed by atoms with Crippen LogP contribution in [0.2, 0.25) is 0 Å². The van der Waals surface area contributed by atoms with Gasteiger partial charge in [0.25, 0.3) is 0 Å². The van der Waals surface area contributed by atoms with E-state index in [-0.39, 0.29) is 5.75 Å². The molecule has 2 nitrogen and oxygen atoms in total. The predicted octanol–water partition coefficient (Wildman–Crippen LogP) is 4.19. The molecule has 0 fully saturated rings. The maximum atomic E-state index is 9.63. The number of hydrogen-bond acceptors (Lipinski definition) is 3. The fraction of sp³-hybridized carbons (Fsp3) is 0.0667. The Balaban J connectivity index is 1.83. The van der Waals surface area contributed by atoms with Crippen molar-refractivity contribution < 1.29 is 9.84 Å². The number of para-hydroxylation sites is 2. The van der Waals surface area contributed by atoms with Crippen molar-refractivity contribution in [2.45, 2.75) is 6.61 Å². The minimum Gasteiger partial charge on any atom is -0.504 e. The van der Waals surface area contributed by atoms with E-state index in [0.29, 0.717) is 12.4 Å².